The molecule has 0 saturated carbocycles. The number of imidazole rings is 1. The van der Waals surface area contributed by atoms with Gasteiger partial charge in [-0.2, -0.15) is 10.1 Å². The number of benzene rings is 2. The van der Waals surface area contributed by atoms with Gasteiger partial charge in [0.2, 0.25) is 0 Å². The van der Waals surface area contributed by atoms with Gasteiger partial charge in [0.25, 0.3) is 6.01 Å². The molecule has 0 aliphatic rings. The number of aromatic amines is 2. The molecular weight excluding hydrogens is 452 g/mol. The number of aldehydes is 1. The Hall–Kier alpha value is -3.68. The highest BCUT2D eigenvalue weighted by Gasteiger charge is 2.11. The van der Waals surface area contributed by atoms with Gasteiger partial charge in [0, 0.05) is 30.1 Å². The molecule has 2 aromatic heterocycles. The summed E-state index contributed by atoms with van der Waals surface area (Å²) in [5.74, 6) is 0.530. The van der Waals surface area contributed by atoms with Crippen molar-refractivity contribution in [2.75, 3.05) is 6.61 Å². The van der Waals surface area contributed by atoms with Crippen LogP contribution >= 0.6 is 11.6 Å². The first-order valence-corrected chi connectivity index (χ1v) is 11.3. The van der Waals surface area contributed by atoms with E-state index in [-0.39, 0.29) is 6.61 Å². The predicted octanol–water partition coefficient (Wildman–Crippen LogP) is 6.67. The van der Waals surface area contributed by atoms with Crippen molar-refractivity contribution >= 4 is 28.9 Å². The maximum atomic E-state index is 11.1. The molecule has 3 N–H and O–H groups in total. The Morgan fingerprint density at radius 3 is 2.59 bits per heavy atom. The van der Waals surface area contributed by atoms with Gasteiger partial charge in [-0.1, -0.05) is 43.6 Å². The van der Waals surface area contributed by atoms with Crippen LogP contribution in [0, 0.1) is 6.92 Å². The second-order valence-corrected chi connectivity index (χ2v) is 7.10. The number of aromatic nitrogens is 4. The first-order valence-electron chi connectivity index (χ1n) is 10.9. The Kier molecular flexibility index (Phi) is 10.8. The van der Waals surface area contributed by atoms with Crippen LogP contribution in [0.3, 0.4) is 0 Å². The summed E-state index contributed by atoms with van der Waals surface area (Å²) in [6, 6.07) is 16.9. The average Bonchev–Trinajstić information content (AvgIpc) is 3.28. The summed E-state index contributed by atoms with van der Waals surface area (Å²) in [4.78, 5) is 18.8. The molecule has 178 valence electrons. The van der Waals surface area contributed by atoms with Gasteiger partial charge in [-0.25, -0.2) is 0 Å². The maximum Gasteiger partial charge on any atom is 0.300 e. The van der Waals surface area contributed by atoms with Gasteiger partial charge in [-0.3, -0.25) is 9.89 Å². The van der Waals surface area contributed by atoms with E-state index in [4.69, 9.17) is 21.4 Å². The van der Waals surface area contributed by atoms with Crippen molar-refractivity contribution in [2.24, 2.45) is 0 Å². The number of hydrogen-bond donors (Lipinski definition) is 3. The summed E-state index contributed by atoms with van der Waals surface area (Å²) in [6.45, 7) is 7.80. The molecule has 0 spiro atoms. The molecule has 2 heterocycles. The van der Waals surface area contributed by atoms with Crippen molar-refractivity contribution in [3.05, 3.63) is 83.1 Å². The van der Waals surface area contributed by atoms with E-state index in [1.165, 1.54) is 0 Å². The number of fused-ring (bicyclic) bond motifs is 1. The van der Waals surface area contributed by atoms with Crippen molar-refractivity contribution < 1.29 is 14.6 Å². The van der Waals surface area contributed by atoms with E-state index < -0.39 is 0 Å². The maximum absolute atomic E-state index is 11.1. The third-order valence-corrected chi connectivity index (χ3v) is 4.72. The number of ether oxygens (including phenoxy) is 1. The lowest BCUT2D eigenvalue weighted by Crippen LogP contribution is -1.90. The predicted molar refractivity (Wildman–Crippen MR) is 137 cm³/mol. The number of aryl methyl sites for hydroxylation is 1. The van der Waals surface area contributed by atoms with Gasteiger partial charge >= 0.3 is 0 Å². The topological polar surface area (TPSA) is 104 Å². The largest absolute Gasteiger partial charge is 0.426 e. The summed E-state index contributed by atoms with van der Waals surface area (Å²) in [5.41, 5.74) is 4.69. The fourth-order valence-corrected chi connectivity index (χ4v) is 3.18. The molecule has 0 atom stereocenters. The van der Waals surface area contributed by atoms with Gasteiger partial charge in [0.15, 0.2) is 0 Å². The second-order valence-electron chi connectivity index (χ2n) is 6.69. The molecule has 34 heavy (non-hydrogen) atoms. The molecule has 8 heteroatoms. The minimum absolute atomic E-state index is 0.250. The molecule has 0 unspecified atom stereocenters. The Labute approximate surface area is 204 Å². The number of H-pyrrole nitrogens is 2. The average molecular weight is 481 g/mol. The summed E-state index contributed by atoms with van der Waals surface area (Å²) in [7, 11) is 0. The van der Waals surface area contributed by atoms with E-state index in [9.17, 15) is 4.79 Å². The Morgan fingerprint density at radius 2 is 1.85 bits per heavy atom. The van der Waals surface area contributed by atoms with Gasteiger partial charge < -0.3 is 14.8 Å². The van der Waals surface area contributed by atoms with E-state index >= 15 is 0 Å². The van der Waals surface area contributed by atoms with Crippen molar-refractivity contribution in [3.8, 4) is 22.9 Å². The fourth-order valence-electron chi connectivity index (χ4n) is 2.90. The number of hydrogen-bond acceptors (Lipinski definition) is 5. The van der Waals surface area contributed by atoms with Gasteiger partial charge in [-0.05, 0) is 61.4 Å². The lowest BCUT2D eigenvalue weighted by Gasteiger charge is -2.04. The summed E-state index contributed by atoms with van der Waals surface area (Å²) < 4.78 is 5.81. The van der Waals surface area contributed by atoms with Crippen LogP contribution in [0.25, 0.3) is 22.2 Å². The van der Waals surface area contributed by atoms with E-state index in [1.54, 1.807) is 31.5 Å². The molecule has 0 amide bonds. The lowest BCUT2D eigenvalue weighted by molar-refractivity contribution is 0.112. The van der Waals surface area contributed by atoms with Crippen LogP contribution in [0.4, 0.5) is 0 Å². The first-order chi connectivity index (χ1) is 16.5. The number of aliphatic hydroxyl groups excluding tert-OH is 1. The zero-order chi connectivity index (χ0) is 24.9. The Morgan fingerprint density at radius 1 is 1.12 bits per heavy atom. The first kappa shape index (κ1) is 26.6. The molecule has 7 nitrogen and oxygen atoms in total. The lowest BCUT2D eigenvalue weighted by atomic mass is 10.1. The van der Waals surface area contributed by atoms with Crippen LogP contribution in [0.2, 0.25) is 5.02 Å². The minimum atomic E-state index is 0.250. The van der Waals surface area contributed by atoms with E-state index in [0.717, 1.165) is 28.5 Å². The van der Waals surface area contributed by atoms with Gasteiger partial charge in [0.1, 0.15) is 12.0 Å². The van der Waals surface area contributed by atoms with Crippen LogP contribution in [-0.2, 0) is 0 Å². The van der Waals surface area contributed by atoms with Crippen LogP contribution in [0.1, 0.15) is 36.7 Å². The monoisotopic (exact) mass is 480 g/mol. The quantitative estimate of drug-likeness (QED) is 0.283. The molecule has 0 aliphatic heterocycles. The SMILES string of the molecule is CC.CCO.Cc1ccc(Oc2nc3cc(-c4cccn[nH]ccc4)c(Cl)cc3[nH]2)cc1C=O. The Bertz CT molecular complexity index is 1240. The van der Waals surface area contributed by atoms with Crippen molar-refractivity contribution in [1.29, 1.82) is 0 Å². The fraction of sp³-hybridized carbons (Fsp3) is 0.192. The van der Waals surface area contributed by atoms with Crippen LogP contribution in [0.5, 0.6) is 11.8 Å². The third-order valence-electron chi connectivity index (χ3n) is 4.41. The zero-order valence-corrected chi connectivity index (χ0v) is 20.4. The molecule has 0 aliphatic carbocycles. The number of rotatable bonds is 4. The third kappa shape index (κ3) is 7.16. The molecule has 4 aromatic rings. The number of nitrogens with one attached hydrogen (secondary N) is 2. The van der Waals surface area contributed by atoms with E-state index in [0.29, 0.717) is 27.9 Å². The molecule has 0 fully saturated rings. The van der Waals surface area contributed by atoms with Gasteiger partial charge in [-0.15, -0.1) is 0 Å². The molecule has 0 saturated heterocycles. The number of halogens is 1. The molecule has 4 rings (SSSR count). The molecule has 2 aromatic carbocycles. The molecule has 0 radical (unpaired) electrons. The smallest absolute Gasteiger partial charge is 0.300 e. The highest BCUT2D eigenvalue weighted by atomic mass is 35.5. The number of carbonyl (C=O) groups excluding carboxylic acids is 1. The van der Waals surface area contributed by atoms with Crippen LogP contribution in [-0.4, -0.2) is 38.2 Å². The summed E-state index contributed by atoms with van der Waals surface area (Å²) in [5, 5.41) is 14.9. The van der Waals surface area contributed by atoms with Crippen LogP contribution < -0.4 is 4.74 Å². The zero-order valence-electron chi connectivity index (χ0n) is 19.7. The second kappa shape index (κ2) is 13.8. The standard InChI is InChI=1S/C22H17ClN4O2.C2H6O.C2H6/c1-14-6-7-17(10-16(14)13-28)29-22-26-20-11-18(19(23)12-21(20)27-22)15-4-2-8-24-25-9-3-5-15;1-2-3;1-2/h2-13,24H,1H3,(H,26,27);3H,2H2,1H3;1-2H3. The summed E-state index contributed by atoms with van der Waals surface area (Å²) >= 11 is 6.52. The highest BCUT2D eigenvalue weighted by molar-refractivity contribution is 6.34. The van der Waals surface area contributed by atoms with Crippen molar-refractivity contribution in [2.45, 2.75) is 27.7 Å². The minimum Gasteiger partial charge on any atom is -0.426 e. The van der Waals surface area contributed by atoms with Gasteiger partial charge in [0.05, 0.1) is 16.1 Å². The highest BCUT2D eigenvalue weighted by Crippen LogP contribution is 2.32. The van der Waals surface area contributed by atoms with E-state index in [1.807, 2.05) is 63.2 Å². The summed E-state index contributed by atoms with van der Waals surface area (Å²) in [6.07, 6.45) is 4.19. The van der Waals surface area contributed by atoms with E-state index in [2.05, 4.69) is 20.2 Å². The Balaban J connectivity index is 0.000000758. The number of nitrogens with zero attached hydrogens (tertiary/aromatic N) is 2. The normalized spacial score (nSPS) is 9.71. The van der Waals surface area contributed by atoms with Crippen molar-refractivity contribution in [1.82, 2.24) is 20.2 Å². The van der Waals surface area contributed by atoms with Crippen molar-refractivity contribution in [3.63, 3.8) is 0 Å². The number of carbonyl (C=O) groups is 1. The molecule has 0 bridgehead atoms. The molecular formula is C26H29ClN4O3. The van der Waals surface area contributed by atoms with Crippen LogP contribution in [0.15, 0.2) is 67.0 Å². The number of aliphatic hydroxyl groups is 1.